The first-order valence-corrected chi connectivity index (χ1v) is 6.79. The molecule has 3 heteroatoms. The van der Waals surface area contributed by atoms with Crippen molar-refractivity contribution >= 4 is 0 Å². The number of nitrogens with two attached hydrogens (primary N) is 1. The Hall–Kier alpha value is -1.22. The van der Waals surface area contributed by atoms with Crippen molar-refractivity contribution in [3.05, 3.63) is 23.8 Å². The van der Waals surface area contributed by atoms with Gasteiger partial charge in [-0.15, -0.1) is 0 Å². The van der Waals surface area contributed by atoms with Gasteiger partial charge in [0.15, 0.2) is 11.5 Å². The number of benzene rings is 1. The zero-order chi connectivity index (χ0) is 13.4. The molecule has 0 aliphatic carbocycles. The van der Waals surface area contributed by atoms with Gasteiger partial charge in [0.2, 0.25) is 0 Å². The lowest BCUT2D eigenvalue weighted by Gasteiger charge is -2.15. The minimum Gasteiger partial charge on any atom is -0.490 e. The fourth-order valence-electron chi connectivity index (χ4n) is 1.61. The molecular formula is C15H25NO2. The zero-order valence-electron chi connectivity index (χ0n) is 11.7. The molecule has 0 aliphatic rings. The molecule has 0 heterocycles. The summed E-state index contributed by atoms with van der Waals surface area (Å²) in [5.41, 5.74) is 6.76. The normalized spacial score (nSPS) is 12.2. The summed E-state index contributed by atoms with van der Waals surface area (Å²) in [4.78, 5) is 0. The van der Waals surface area contributed by atoms with E-state index < -0.39 is 0 Å². The Kier molecular flexibility index (Phi) is 6.58. The van der Waals surface area contributed by atoms with Gasteiger partial charge in [0.1, 0.15) is 0 Å². The minimum absolute atomic E-state index is 0.559. The van der Waals surface area contributed by atoms with Crippen LogP contribution in [0.3, 0.4) is 0 Å². The molecule has 0 saturated carbocycles. The van der Waals surface area contributed by atoms with Crippen LogP contribution in [0.1, 0.15) is 32.8 Å². The molecule has 1 unspecified atom stereocenters. The van der Waals surface area contributed by atoms with Crippen molar-refractivity contribution in [1.82, 2.24) is 0 Å². The van der Waals surface area contributed by atoms with Gasteiger partial charge in [-0.2, -0.15) is 0 Å². The van der Waals surface area contributed by atoms with E-state index in [1.165, 1.54) is 5.56 Å². The van der Waals surface area contributed by atoms with Crippen LogP contribution < -0.4 is 15.2 Å². The third-order valence-electron chi connectivity index (χ3n) is 2.96. The summed E-state index contributed by atoms with van der Waals surface area (Å²) in [5.74, 6) is 2.22. The summed E-state index contributed by atoms with van der Waals surface area (Å²) in [5, 5.41) is 0. The highest BCUT2D eigenvalue weighted by Gasteiger charge is 2.08. The van der Waals surface area contributed by atoms with E-state index in [4.69, 9.17) is 15.2 Å². The largest absolute Gasteiger partial charge is 0.490 e. The Morgan fingerprint density at radius 2 is 1.94 bits per heavy atom. The van der Waals surface area contributed by atoms with Crippen molar-refractivity contribution in [2.45, 2.75) is 33.6 Å². The number of hydrogen-bond donors (Lipinski definition) is 1. The van der Waals surface area contributed by atoms with E-state index in [1.807, 2.05) is 19.1 Å². The molecule has 0 fully saturated rings. The fraction of sp³-hybridized carbons (Fsp3) is 0.600. The third kappa shape index (κ3) is 4.57. The van der Waals surface area contributed by atoms with Gasteiger partial charge in [0.25, 0.3) is 0 Å². The van der Waals surface area contributed by atoms with Crippen LogP contribution in [0.25, 0.3) is 0 Å². The molecule has 1 rings (SSSR count). The predicted molar refractivity (Wildman–Crippen MR) is 75.3 cm³/mol. The lowest BCUT2D eigenvalue weighted by Crippen LogP contribution is -2.09. The second-order valence-corrected chi connectivity index (χ2v) is 4.58. The Balaban J connectivity index is 2.75. The van der Waals surface area contributed by atoms with Gasteiger partial charge >= 0.3 is 0 Å². The molecule has 0 aromatic heterocycles. The van der Waals surface area contributed by atoms with Gasteiger partial charge in [-0.3, -0.25) is 0 Å². The summed E-state index contributed by atoms with van der Waals surface area (Å²) in [6.45, 7) is 8.36. The maximum Gasteiger partial charge on any atom is 0.161 e. The number of hydrogen-bond acceptors (Lipinski definition) is 3. The summed E-state index contributed by atoms with van der Waals surface area (Å²) < 4.78 is 11.4. The molecule has 0 radical (unpaired) electrons. The maximum atomic E-state index is 5.82. The first-order valence-electron chi connectivity index (χ1n) is 6.79. The molecule has 0 amide bonds. The highest BCUT2D eigenvalue weighted by Crippen LogP contribution is 2.29. The Morgan fingerprint density at radius 1 is 1.17 bits per heavy atom. The first kappa shape index (κ1) is 14.8. The summed E-state index contributed by atoms with van der Waals surface area (Å²) in [7, 11) is 0. The van der Waals surface area contributed by atoms with E-state index in [0.717, 1.165) is 30.9 Å². The van der Waals surface area contributed by atoms with Crippen LogP contribution in [-0.4, -0.2) is 19.8 Å². The smallest absolute Gasteiger partial charge is 0.161 e. The van der Waals surface area contributed by atoms with Crippen molar-refractivity contribution in [3.8, 4) is 11.5 Å². The second kappa shape index (κ2) is 7.98. The molecule has 1 atom stereocenters. The summed E-state index contributed by atoms with van der Waals surface area (Å²) >= 11 is 0. The second-order valence-electron chi connectivity index (χ2n) is 4.58. The number of ether oxygens (including phenoxy) is 2. The predicted octanol–water partition coefficient (Wildman–Crippen LogP) is 3.01. The van der Waals surface area contributed by atoms with Crippen LogP contribution in [0.2, 0.25) is 0 Å². The fourth-order valence-corrected chi connectivity index (χ4v) is 1.61. The van der Waals surface area contributed by atoms with Crippen LogP contribution in [0.5, 0.6) is 11.5 Å². The molecule has 102 valence electrons. The quantitative estimate of drug-likeness (QED) is 0.772. The van der Waals surface area contributed by atoms with E-state index in [1.54, 1.807) is 0 Å². The van der Waals surface area contributed by atoms with Crippen molar-refractivity contribution in [1.29, 1.82) is 0 Å². The van der Waals surface area contributed by atoms with Crippen molar-refractivity contribution in [2.75, 3.05) is 19.8 Å². The zero-order valence-corrected chi connectivity index (χ0v) is 11.7. The van der Waals surface area contributed by atoms with Gasteiger partial charge in [-0.25, -0.2) is 0 Å². The highest BCUT2D eigenvalue weighted by atomic mass is 16.5. The van der Waals surface area contributed by atoms with E-state index in [-0.39, 0.29) is 0 Å². The van der Waals surface area contributed by atoms with E-state index in [9.17, 15) is 0 Å². The SMILES string of the molecule is CCOc1cc(CCN)ccc1OCC(C)CC. The molecular weight excluding hydrogens is 226 g/mol. The monoisotopic (exact) mass is 251 g/mol. The third-order valence-corrected chi connectivity index (χ3v) is 2.96. The number of rotatable bonds is 8. The minimum atomic E-state index is 0.559. The standard InChI is InChI=1S/C15H25NO2/c1-4-12(3)11-18-14-7-6-13(8-9-16)10-15(14)17-5-2/h6-7,10,12H,4-5,8-9,11,16H2,1-3H3. The van der Waals surface area contributed by atoms with E-state index in [0.29, 0.717) is 19.1 Å². The van der Waals surface area contributed by atoms with Gasteiger partial charge in [-0.05, 0) is 43.5 Å². The highest BCUT2D eigenvalue weighted by molar-refractivity contribution is 5.43. The Labute approximate surface area is 110 Å². The van der Waals surface area contributed by atoms with Gasteiger partial charge in [0, 0.05) is 0 Å². The molecule has 2 N–H and O–H groups in total. The topological polar surface area (TPSA) is 44.5 Å². The summed E-state index contributed by atoms with van der Waals surface area (Å²) in [6.07, 6.45) is 1.99. The molecule has 0 spiro atoms. The Bertz CT molecular complexity index is 352. The van der Waals surface area contributed by atoms with Crippen LogP contribution in [0, 0.1) is 5.92 Å². The van der Waals surface area contributed by atoms with Crippen LogP contribution in [-0.2, 0) is 6.42 Å². The lowest BCUT2D eigenvalue weighted by atomic mass is 10.1. The first-order chi connectivity index (χ1) is 8.71. The molecule has 1 aromatic rings. The lowest BCUT2D eigenvalue weighted by molar-refractivity contribution is 0.237. The van der Waals surface area contributed by atoms with Crippen molar-refractivity contribution < 1.29 is 9.47 Å². The van der Waals surface area contributed by atoms with Crippen LogP contribution >= 0.6 is 0 Å². The van der Waals surface area contributed by atoms with Gasteiger partial charge in [0.05, 0.1) is 13.2 Å². The van der Waals surface area contributed by atoms with E-state index in [2.05, 4.69) is 19.9 Å². The van der Waals surface area contributed by atoms with Crippen LogP contribution in [0.4, 0.5) is 0 Å². The average Bonchev–Trinajstić information content (AvgIpc) is 2.38. The average molecular weight is 251 g/mol. The molecule has 0 saturated heterocycles. The van der Waals surface area contributed by atoms with Gasteiger partial charge < -0.3 is 15.2 Å². The molecule has 18 heavy (non-hydrogen) atoms. The molecule has 0 bridgehead atoms. The van der Waals surface area contributed by atoms with Gasteiger partial charge in [-0.1, -0.05) is 26.3 Å². The van der Waals surface area contributed by atoms with Crippen molar-refractivity contribution in [3.63, 3.8) is 0 Å². The molecule has 3 nitrogen and oxygen atoms in total. The molecule has 1 aromatic carbocycles. The maximum absolute atomic E-state index is 5.82. The van der Waals surface area contributed by atoms with Crippen LogP contribution in [0.15, 0.2) is 18.2 Å². The van der Waals surface area contributed by atoms with Crippen molar-refractivity contribution in [2.24, 2.45) is 11.7 Å². The molecule has 0 aliphatic heterocycles. The van der Waals surface area contributed by atoms with E-state index >= 15 is 0 Å². The summed E-state index contributed by atoms with van der Waals surface area (Å²) in [6, 6.07) is 6.07. The Morgan fingerprint density at radius 3 is 2.56 bits per heavy atom.